The number of carbonyl (C=O) groups excluding carboxylic acids is 2. The van der Waals surface area contributed by atoms with E-state index in [1.165, 1.54) is 6.08 Å². The minimum Gasteiger partial charge on any atom is -0.443 e. The molecule has 0 radical (unpaired) electrons. The van der Waals surface area contributed by atoms with Gasteiger partial charge in [-0.2, -0.15) is 0 Å². The lowest BCUT2D eigenvalue weighted by atomic mass is 10.2. The van der Waals surface area contributed by atoms with Gasteiger partial charge in [-0.25, -0.2) is 20.1 Å². The van der Waals surface area contributed by atoms with Gasteiger partial charge in [0.25, 0.3) is 5.91 Å². The number of ether oxygens (including phenoxy) is 2. The van der Waals surface area contributed by atoms with Gasteiger partial charge in [-0.3, -0.25) is 19.6 Å². The molecule has 2 aromatic heterocycles. The Balaban J connectivity index is 1.23. The number of amides is 2. The van der Waals surface area contributed by atoms with Crippen LogP contribution in [-0.2, 0) is 25.7 Å². The summed E-state index contributed by atoms with van der Waals surface area (Å²) in [5, 5.41) is 1.11. The van der Waals surface area contributed by atoms with Gasteiger partial charge in [-0.15, -0.1) is 0 Å². The molecule has 0 spiro atoms. The van der Waals surface area contributed by atoms with Crippen LogP contribution < -0.4 is 10.4 Å². The number of rotatable bonds is 8. The first-order valence-electron chi connectivity index (χ1n) is 14.5. The summed E-state index contributed by atoms with van der Waals surface area (Å²) < 4.78 is 11.2. The van der Waals surface area contributed by atoms with Crippen LogP contribution >= 0.6 is 0 Å². The van der Waals surface area contributed by atoms with Crippen LogP contribution in [0.15, 0.2) is 60.8 Å². The number of nitrogens with one attached hydrogen (secondary N) is 1. The molecule has 2 amide bonds. The topological polar surface area (TPSA) is 106 Å². The van der Waals surface area contributed by atoms with Gasteiger partial charge in [0.2, 0.25) is 0 Å². The van der Waals surface area contributed by atoms with Crippen molar-refractivity contribution in [2.24, 2.45) is 0 Å². The highest BCUT2D eigenvalue weighted by Crippen LogP contribution is 2.26. The van der Waals surface area contributed by atoms with Crippen molar-refractivity contribution < 1.29 is 23.9 Å². The smallest absolute Gasteiger partial charge is 0.416 e. The average Bonchev–Trinajstić information content (AvgIpc) is 3.43. The summed E-state index contributed by atoms with van der Waals surface area (Å²) in [6.45, 7) is 8.38. The van der Waals surface area contributed by atoms with E-state index in [4.69, 9.17) is 19.3 Å². The summed E-state index contributed by atoms with van der Waals surface area (Å²) in [4.78, 5) is 44.2. The van der Waals surface area contributed by atoms with Gasteiger partial charge < -0.3 is 9.47 Å². The third kappa shape index (κ3) is 8.12. The van der Waals surface area contributed by atoms with Crippen molar-refractivity contribution in [3.8, 4) is 0 Å². The molecule has 1 N–H and O–H groups in total. The predicted molar refractivity (Wildman–Crippen MR) is 160 cm³/mol. The molecule has 1 aromatic carbocycles. The highest BCUT2D eigenvalue weighted by molar-refractivity contribution is 5.91. The number of aromatic nitrogens is 2. The van der Waals surface area contributed by atoms with Crippen LogP contribution in [0.1, 0.15) is 57.7 Å². The summed E-state index contributed by atoms with van der Waals surface area (Å²) in [5.74, 6) is 0.106. The van der Waals surface area contributed by atoms with E-state index < -0.39 is 23.9 Å². The highest BCUT2D eigenvalue weighted by atomic mass is 16.8. The quantitative estimate of drug-likeness (QED) is 0.288. The number of nitrogens with zero attached hydrogens (tertiary/aromatic N) is 4. The SMILES string of the molecule is CC(C)(C)OC(=O)N(c1ccc(/C=C/C(=O)NOC2CCCCO2)cn1)[C@@H]1CCN(Cc2ccc3ccccc3n2)C1. The molecule has 10 heteroatoms. The lowest BCUT2D eigenvalue weighted by Gasteiger charge is -2.31. The second-order valence-electron chi connectivity index (χ2n) is 11.7. The standard InChI is InChI=1S/C32H39N5O5/c1-32(2,3)41-31(39)37(26-17-18-36(22-26)21-25-14-13-24-8-4-5-9-27(24)34-25)28-15-11-23(20-33-28)12-16-29(38)35-42-30-10-6-7-19-40-30/h4-5,8-9,11-16,20,26,30H,6-7,10,17-19,21-22H2,1-3H3,(H,35,38)/b16-12+/t26-,30?/m1/s1. The Labute approximate surface area is 246 Å². The number of hydrogen-bond donors (Lipinski definition) is 1. The van der Waals surface area contributed by atoms with Gasteiger partial charge in [0.1, 0.15) is 11.4 Å². The highest BCUT2D eigenvalue weighted by Gasteiger charge is 2.35. The van der Waals surface area contributed by atoms with Gasteiger partial charge >= 0.3 is 6.09 Å². The number of fused-ring (bicyclic) bond motifs is 1. The van der Waals surface area contributed by atoms with Gasteiger partial charge in [-0.05, 0) is 75.9 Å². The molecule has 2 aliphatic rings. The Bertz CT molecular complexity index is 1400. The molecule has 0 bridgehead atoms. The Kier molecular flexibility index (Phi) is 9.46. The molecule has 2 atom stereocenters. The number of pyridine rings is 2. The second-order valence-corrected chi connectivity index (χ2v) is 11.7. The normalized spacial score (nSPS) is 19.7. The van der Waals surface area contributed by atoms with Gasteiger partial charge in [0, 0.05) is 50.3 Å². The van der Waals surface area contributed by atoms with Crippen LogP contribution in [0.4, 0.5) is 10.6 Å². The second kappa shape index (κ2) is 13.4. The maximum Gasteiger partial charge on any atom is 0.416 e. The zero-order valence-corrected chi connectivity index (χ0v) is 24.5. The average molecular weight is 574 g/mol. The predicted octanol–water partition coefficient (Wildman–Crippen LogP) is 5.23. The number of hydroxylamine groups is 1. The molecule has 2 fully saturated rings. The maximum absolute atomic E-state index is 13.4. The van der Waals surface area contributed by atoms with Crippen molar-refractivity contribution in [3.63, 3.8) is 0 Å². The van der Waals surface area contributed by atoms with Crippen molar-refractivity contribution in [1.82, 2.24) is 20.3 Å². The minimum absolute atomic E-state index is 0.112. The summed E-state index contributed by atoms with van der Waals surface area (Å²) >= 11 is 0. The number of carbonyl (C=O) groups is 2. The molecule has 42 heavy (non-hydrogen) atoms. The molecule has 1 unspecified atom stereocenters. The van der Waals surface area contributed by atoms with E-state index in [-0.39, 0.29) is 6.04 Å². The zero-order chi connectivity index (χ0) is 29.5. The number of likely N-dealkylation sites (tertiary alicyclic amines) is 1. The van der Waals surface area contributed by atoms with E-state index in [2.05, 4.69) is 33.6 Å². The number of anilines is 1. The molecule has 10 nitrogen and oxygen atoms in total. The molecule has 2 aliphatic heterocycles. The number of hydrogen-bond acceptors (Lipinski definition) is 8. The first-order valence-corrected chi connectivity index (χ1v) is 14.5. The molecule has 5 rings (SSSR count). The number of benzene rings is 1. The Morgan fingerprint density at radius 3 is 2.74 bits per heavy atom. The Morgan fingerprint density at radius 2 is 1.98 bits per heavy atom. The molecular weight excluding hydrogens is 534 g/mol. The summed E-state index contributed by atoms with van der Waals surface area (Å²) in [6, 6.07) is 15.7. The third-order valence-corrected chi connectivity index (χ3v) is 7.12. The van der Waals surface area contributed by atoms with Gasteiger partial charge in [-0.1, -0.05) is 24.3 Å². The number of para-hydroxylation sites is 1. The van der Waals surface area contributed by atoms with Crippen molar-refractivity contribution in [1.29, 1.82) is 0 Å². The maximum atomic E-state index is 13.4. The summed E-state index contributed by atoms with van der Waals surface area (Å²) in [7, 11) is 0. The van der Waals surface area contributed by atoms with Crippen molar-refractivity contribution in [3.05, 3.63) is 72.1 Å². The Hall–Kier alpha value is -3.86. The van der Waals surface area contributed by atoms with Crippen LogP contribution in [0.3, 0.4) is 0 Å². The van der Waals surface area contributed by atoms with Gasteiger partial charge in [0.05, 0.1) is 17.3 Å². The molecule has 222 valence electrons. The monoisotopic (exact) mass is 573 g/mol. The fourth-order valence-electron chi connectivity index (χ4n) is 5.11. The third-order valence-electron chi connectivity index (χ3n) is 7.12. The molecular formula is C32H39N5O5. The molecule has 4 heterocycles. The summed E-state index contributed by atoms with van der Waals surface area (Å²) in [6.07, 6.45) is 7.35. The first kappa shape index (κ1) is 29.6. The van der Waals surface area contributed by atoms with E-state index in [1.807, 2.05) is 45.0 Å². The van der Waals surface area contributed by atoms with E-state index >= 15 is 0 Å². The van der Waals surface area contributed by atoms with Crippen LogP contribution in [-0.4, -0.2) is 64.5 Å². The molecule has 3 aromatic rings. The fourth-order valence-corrected chi connectivity index (χ4v) is 5.11. The first-order chi connectivity index (χ1) is 20.2. The fraction of sp³-hybridized carbons (Fsp3) is 0.438. The molecule has 0 aliphatic carbocycles. The van der Waals surface area contributed by atoms with Crippen LogP contribution in [0, 0.1) is 0 Å². The van der Waals surface area contributed by atoms with Crippen LogP contribution in [0.25, 0.3) is 17.0 Å². The van der Waals surface area contributed by atoms with Crippen molar-refractivity contribution in [2.45, 2.75) is 70.9 Å². The zero-order valence-electron chi connectivity index (χ0n) is 24.5. The van der Waals surface area contributed by atoms with Crippen LogP contribution in [0.2, 0.25) is 0 Å². The summed E-state index contributed by atoms with van der Waals surface area (Å²) in [5.41, 5.74) is 4.44. The van der Waals surface area contributed by atoms with E-state index in [1.54, 1.807) is 23.2 Å². The Morgan fingerprint density at radius 1 is 1.12 bits per heavy atom. The lowest BCUT2D eigenvalue weighted by Crippen LogP contribution is -2.45. The van der Waals surface area contributed by atoms with Crippen molar-refractivity contribution in [2.75, 3.05) is 24.6 Å². The van der Waals surface area contributed by atoms with E-state index in [0.29, 0.717) is 31.1 Å². The van der Waals surface area contributed by atoms with Crippen LogP contribution in [0.5, 0.6) is 0 Å². The largest absolute Gasteiger partial charge is 0.443 e. The minimum atomic E-state index is -0.649. The van der Waals surface area contributed by atoms with E-state index in [9.17, 15) is 9.59 Å². The molecule has 2 saturated heterocycles. The van der Waals surface area contributed by atoms with E-state index in [0.717, 1.165) is 48.8 Å². The van der Waals surface area contributed by atoms with Gasteiger partial charge in [0.15, 0.2) is 6.29 Å². The van der Waals surface area contributed by atoms with Crippen molar-refractivity contribution >= 4 is 34.8 Å². The lowest BCUT2D eigenvalue weighted by molar-refractivity contribution is -0.198. The molecule has 0 saturated carbocycles.